The lowest BCUT2D eigenvalue weighted by Gasteiger charge is -2.14. The fourth-order valence-electron chi connectivity index (χ4n) is 2.66. The molecule has 0 saturated carbocycles. The third-order valence-corrected chi connectivity index (χ3v) is 4.78. The second-order valence-electron chi connectivity index (χ2n) is 7.61. The summed E-state index contributed by atoms with van der Waals surface area (Å²) in [4.78, 5) is 57.6. The van der Waals surface area contributed by atoms with E-state index in [1.165, 1.54) is 55.6 Å². The minimum atomic E-state index is -2.40. The summed E-state index contributed by atoms with van der Waals surface area (Å²) >= 11 is 0. The number of carbonyl (C=O) groups is 5. The lowest BCUT2D eigenvalue weighted by molar-refractivity contribution is -0.166. The number of hydrogen-bond donors (Lipinski definition) is 2. The number of hydrogen-bond acceptors (Lipinski definition) is 10. The highest BCUT2D eigenvalue weighted by Crippen LogP contribution is 2.09. The maximum Gasteiger partial charge on any atom is 0.346 e. The van der Waals surface area contributed by atoms with Crippen molar-refractivity contribution in [3.8, 4) is 0 Å². The van der Waals surface area contributed by atoms with Gasteiger partial charge in [-0.1, -0.05) is 63.1 Å². The molecule has 0 aliphatic heterocycles. The van der Waals surface area contributed by atoms with Gasteiger partial charge in [0.25, 0.3) is 0 Å². The van der Waals surface area contributed by atoms with Gasteiger partial charge >= 0.3 is 29.8 Å². The quantitative estimate of drug-likeness (QED) is 0.297. The molecule has 0 heterocycles. The zero-order valence-corrected chi connectivity index (χ0v) is 20.3. The molecule has 0 bridgehead atoms. The van der Waals surface area contributed by atoms with Crippen LogP contribution in [0.15, 0.2) is 60.7 Å². The fourth-order valence-corrected chi connectivity index (χ4v) is 2.66. The monoisotopic (exact) mass is 502 g/mol. The van der Waals surface area contributed by atoms with E-state index < -0.39 is 36.1 Å². The lowest BCUT2D eigenvalue weighted by Crippen LogP contribution is -2.43. The van der Waals surface area contributed by atoms with Crippen LogP contribution >= 0.6 is 0 Å². The van der Waals surface area contributed by atoms with Crippen molar-refractivity contribution in [3.63, 3.8) is 0 Å². The molecule has 0 amide bonds. The van der Waals surface area contributed by atoms with Crippen molar-refractivity contribution in [2.24, 2.45) is 5.92 Å². The second-order valence-corrected chi connectivity index (χ2v) is 7.61. The summed E-state index contributed by atoms with van der Waals surface area (Å²) < 4.78 is 13.3. The fraction of sp³-hybridized carbons (Fsp3) is 0.346. The van der Waals surface area contributed by atoms with E-state index in [0.717, 1.165) is 19.3 Å². The summed E-state index contributed by atoms with van der Waals surface area (Å²) in [6.07, 6.45) is -1.61. The number of aliphatic hydroxyl groups excluding tert-OH is 2. The van der Waals surface area contributed by atoms with Gasteiger partial charge in [0.2, 0.25) is 0 Å². The molecule has 36 heavy (non-hydrogen) atoms. The first-order chi connectivity index (χ1) is 17.1. The van der Waals surface area contributed by atoms with Crippen LogP contribution in [0, 0.1) is 5.92 Å². The van der Waals surface area contributed by atoms with E-state index >= 15 is 0 Å². The van der Waals surface area contributed by atoms with Gasteiger partial charge in [0.15, 0.2) is 12.2 Å². The van der Waals surface area contributed by atoms with E-state index in [-0.39, 0.29) is 23.0 Å². The van der Waals surface area contributed by atoms with Gasteiger partial charge in [-0.2, -0.15) is 0 Å². The Bertz CT molecular complexity index is 934. The minimum Gasteiger partial charge on any atom is -0.469 e. The molecule has 2 aromatic rings. The molecule has 10 heteroatoms. The summed E-state index contributed by atoms with van der Waals surface area (Å²) in [5.74, 6) is -5.28. The average molecular weight is 503 g/mol. The Balaban J connectivity index is 0.000000548. The lowest BCUT2D eigenvalue weighted by atomic mass is 10.1. The molecule has 0 spiro atoms. The smallest absolute Gasteiger partial charge is 0.346 e. The van der Waals surface area contributed by atoms with Crippen molar-refractivity contribution in [2.45, 2.75) is 45.3 Å². The van der Waals surface area contributed by atoms with E-state index in [9.17, 15) is 34.2 Å². The standard InChI is InChI=1S/C18H14O8.C8H16O2/c19-13(17(23)25-15(21)11-7-3-1-4-8-11)14(20)18(24)26-16(22)12-9-5-2-6-10-12;1-4-5-6-7(2)8(9)10-3/h1-10,13-14,19-20H;7H,4-6H2,1-3H3. The van der Waals surface area contributed by atoms with Gasteiger partial charge in [0.1, 0.15) is 0 Å². The minimum absolute atomic E-state index is 0.0318. The van der Waals surface area contributed by atoms with Crippen molar-refractivity contribution in [1.29, 1.82) is 0 Å². The topological polar surface area (TPSA) is 154 Å². The Labute approximate surface area is 208 Å². The molecular formula is C26H30O10. The molecule has 2 N–H and O–H groups in total. The first-order valence-electron chi connectivity index (χ1n) is 11.2. The Kier molecular flexibility index (Phi) is 13.3. The number of ether oxygens (including phenoxy) is 3. The Hall–Kier alpha value is -3.89. The number of unbranched alkanes of at least 4 members (excludes halogenated alkanes) is 1. The van der Waals surface area contributed by atoms with Gasteiger partial charge in [-0.3, -0.25) is 4.79 Å². The molecule has 194 valence electrons. The largest absolute Gasteiger partial charge is 0.469 e. The summed E-state index contributed by atoms with van der Waals surface area (Å²) in [5.41, 5.74) is 0.0637. The Morgan fingerprint density at radius 1 is 0.722 bits per heavy atom. The number of carbonyl (C=O) groups excluding carboxylic acids is 5. The van der Waals surface area contributed by atoms with Crippen LogP contribution in [-0.4, -0.2) is 59.4 Å². The van der Waals surface area contributed by atoms with E-state index in [0.29, 0.717) is 0 Å². The third kappa shape index (κ3) is 10.2. The number of esters is 5. The molecule has 3 atom stereocenters. The molecular weight excluding hydrogens is 472 g/mol. The summed E-state index contributed by atoms with van der Waals surface area (Å²) in [6, 6.07) is 14.8. The van der Waals surface area contributed by atoms with Gasteiger partial charge in [0, 0.05) is 0 Å². The highest BCUT2D eigenvalue weighted by molar-refractivity contribution is 6.01. The second kappa shape index (κ2) is 15.9. The van der Waals surface area contributed by atoms with Crippen LogP contribution in [0.2, 0.25) is 0 Å². The molecule has 2 aromatic carbocycles. The highest BCUT2D eigenvalue weighted by Gasteiger charge is 2.35. The molecule has 0 radical (unpaired) electrons. The summed E-state index contributed by atoms with van der Waals surface area (Å²) in [6.45, 7) is 4.02. The normalized spacial score (nSPS) is 12.6. The average Bonchev–Trinajstić information content (AvgIpc) is 2.91. The van der Waals surface area contributed by atoms with E-state index in [1.807, 2.05) is 6.92 Å². The number of benzene rings is 2. The predicted molar refractivity (Wildman–Crippen MR) is 126 cm³/mol. The molecule has 0 aromatic heterocycles. The van der Waals surface area contributed by atoms with Gasteiger partial charge in [0.05, 0.1) is 24.2 Å². The zero-order chi connectivity index (χ0) is 27.1. The molecule has 0 aliphatic rings. The number of rotatable bonds is 9. The van der Waals surface area contributed by atoms with E-state index in [4.69, 9.17) is 0 Å². The van der Waals surface area contributed by atoms with Crippen molar-refractivity contribution in [3.05, 3.63) is 71.8 Å². The van der Waals surface area contributed by atoms with Crippen LogP contribution in [0.25, 0.3) is 0 Å². The van der Waals surface area contributed by atoms with Crippen LogP contribution in [0.3, 0.4) is 0 Å². The predicted octanol–water partition coefficient (Wildman–Crippen LogP) is 2.46. The zero-order valence-electron chi connectivity index (χ0n) is 20.3. The first-order valence-corrected chi connectivity index (χ1v) is 11.2. The van der Waals surface area contributed by atoms with Crippen molar-refractivity contribution < 1.29 is 48.4 Å². The maximum atomic E-state index is 11.7. The highest BCUT2D eigenvalue weighted by atomic mass is 16.6. The van der Waals surface area contributed by atoms with Crippen LogP contribution in [0.1, 0.15) is 53.8 Å². The van der Waals surface area contributed by atoms with Crippen LogP contribution in [-0.2, 0) is 28.6 Å². The van der Waals surface area contributed by atoms with Crippen molar-refractivity contribution in [2.75, 3.05) is 7.11 Å². The molecule has 10 nitrogen and oxygen atoms in total. The maximum absolute atomic E-state index is 11.7. The summed E-state index contributed by atoms with van der Waals surface area (Å²) in [7, 11) is 1.44. The van der Waals surface area contributed by atoms with Crippen LogP contribution < -0.4 is 0 Å². The van der Waals surface area contributed by atoms with E-state index in [2.05, 4.69) is 21.1 Å². The molecule has 2 rings (SSSR count). The molecule has 3 unspecified atom stereocenters. The Morgan fingerprint density at radius 2 is 1.11 bits per heavy atom. The van der Waals surface area contributed by atoms with Gasteiger partial charge in [-0.15, -0.1) is 0 Å². The van der Waals surface area contributed by atoms with Gasteiger partial charge < -0.3 is 24.4 Å². The Morgan fingerprint density at radius 3 is 1.44 bits per heavy atom. The van der Waals surface area contributed by atoms with Gasteiger partial charge in [-0.25, -0.2) is 19.2 Å². The van der Waals surface area contributed by atoms with Crippen LogP contribution in [0.5, 0.6) is 0 Å². The first kappa shape index (κ1) is 30.1. The molecule has 0 saturated heterocycles. The molecule has 0 fully saturated rings. The summed E-state index contributed by atoms with van der Waals surface area (Å²) in [5, 5.41) is 19.3. The number of methoxy groups -OCH3 is 1. The van der Waals surface area contributed by atoms with E-state index in [1.54, 1.807) is 12.1 Å². The van der Waals surface area contributed by atoms with Gasteiger partial charge in [-0.05, 0) is 30.7 Å². The van der Waals surface area contributed by atoms with Crippen LogP contribution in [0.4, 0.5) is 0 Å². The SMILES string of the molecule is CCCCC(C)C(=O)OC.O=C(OC(=O)C(O)C(O)C(=O)OC(=O)c1ccccc1)c1ccccc1. The van der Waals surface area contributed by atoms with Crippen molar-refractivity contribution >= 4 is 29.8 Å². The number of aliphatic hydroxyl groups is 2. The molecule has 0 aliphatic carbocycles. The van der Waals surface area contributed by atoms with Crippen molar-refractivity contribution in [1.82, 2.24) is 0 Å². The third-order valence-electron chi connectivity index (χ3n) is 4.78.